The first-order valence-corrected chi connectivity index (χ1v) is 6.39. The van der Waals surface area contributed by atoms with Crippen LogP contribution in [-0.4, -0.2) is 18.3 Å². The monoisotopic (exact) mass is 253 g/mol. The van der Waals surface area contributed by atoms with Crippen LogP contribution in [0, 0.1) is 5.82 Å². The molecule has 0 bridgehead atoms. The molecular weight excluding hydrogens is 233 g/mol. The van der Waals surface area contributed by atoms with Crippen molar-refractivity contribution in [2.24, 2.45) is 5.73 Å². The highest BCUT2D eigenvalue weighted by Crippen LogP contribution is 2.27. The minimum Gasteiger partial charge on any atom is -0.490 e. The number of ether oxygens (including phenoxy) is 2. The minimum atomic E-state index is -0.303. The molecule has 1 fully saturated rings. The Labute approximate surface area is 107 Å². The average Bonchev–Trinajstić information content (AvgIpc) is 2.27. The van der Waals surface area contributed by atoms with E-state index in [0.717, 1.165) is 12.8 Å². The van der Waals surface area contributed by atoms with Gasteiger partial charge in [-0.1, -0.05) is 6.07 Å². The predicted molar refractivity (Wildman–Crippen MR) is 68.0 cm³/mol. The molecule has 1 aromatic carbocycles. The molecule has 1 heterocycles. The van der Waals surface area contributed by atoms with Crippen molar-refractivity contribution in [2.75, 3.05) is 0 Å². The Morgan fingerprint density at radius 1 is 1.33 bits per heavy atom. The van der Waals surface area contributed by atoms with Crippen molar-refractivity contribution in [3.63, 3.8) is 0 Å². The zero-order valence-electron chi connectivity index (χ0n) is 10.9. The van der Waals surface area contributed by atoms with E-state index in [2.05, 4.69) is 0 Å². The second-order valence-electron chi connectivity index (χ2n) is 4.89. The van der Waals surface area contributed by atoms with Gasteiger partial charge in [-0.25, -0.2) is 4.39 Å². The van der Waals surface area contributed by atoms with Crippen LogP contribution in [-0.2, 0) is 11.3 Å². The zero-order valence-corrected chi connectivity index (χ0v) is 10.9. The maximum atomic E-state index is 13.6. The van der Waals surface area contributed by atoms with Crippen LogP contribution in [0.25, 0.3) is 0 Å². The largest absolute Gasteiger partial charge is 0.490 e. The third kappa shape index (κ3) is 3.00. The van der Waals surface area contributed by atoms with Gasteiger partial charge in [0, 0.05) is 24.9 Å². The Morgan fingerprint density at radius 3 is 2.61 bits per heavy atom. The molecule has 2 N–H and O–H groups in total. The van der Waals surface area contributed by atoms with Gasteiger partial charge in [-0.05, 0) is 26.0 Å². The van der Waals surface area contributed by atoms with Gasteiger partial charge in [0.05, 0.1) is 12.2 Å². The molecule has 0 saturated carbocycles. The predicted octanol–water partition coefficient (Wildman–Crippen LogP) is 2.62. The highest BCUT2D eigenvalue weighted by Gasteiger charge is 2.26. The van der Waals surface area contributed by atoms with E-state index in [1.54, 1.807) is 12.1 Å². The fraction of sp³-hybridized carbons (Fsp3) is 0.571. The molecule has 1 aliphatic rings. The van der Waals surface area contributed by atoms with Crippen LogP contribution in [0.3, 0.4) is 0 Å². The van der Waals surface area contributed by atoms with Gasteiger partial charge < -0.3 is 15.2 Å². The van der Waals surface area contributed by atoms with Crippen LogP contribution in [0.15, 0.2) is 18.2 Å². The summed E-state index contributed by atoms with van der Waals surface area (Å²) in [5.41, 5.74) is 6.01. The molecule has 1 aromatic rings. The van der Waals surface area contributed by atoms with E-state index in [4.69, 9.17) is 15.2 Å². The molecule has 18 heavy (non-hydrogen) atoms. The number of halogens is 1. The Morgan fingerprint density at radius 2 is 2.00 bits per heavy atom. The summed E-state index contributed by atoms with van der Waals surface area (Å²) in [5, 5.41) is 0. The van der Waals surface area contributed by atoms with Gasteiger partial charge in [0.15, 0.2) is 0 Å². The first-order valence-electron chi connectivity index (χ1n) is 6.39. The maximum absolute atomic E-state index is 13.6. The van der Waals surface area contributed by atoms with Crippen LogP contribution < -0.4 is 10.5 Å². The summed E-state index contributed by atoms with van der Waals surface area (Å²) in [6.45, 7) is 4.21. The molecule has 2 rings (SSSR count). The van der Waals surface area contributed by atoms with Crippen LogP contribution >= 0.6 is 0 Å². The minimum absolute atomic E-state index is 0.0656. The van der Waals surface area contributed by atoms with Gasteiger partial charge in [-0.3, -0.25) is 0 Å². The molecule has 0 radical (unpaired) electrons. The van der Waals surface area contributed by atoms with E-state index in [1.165, 1.54) is 6.07 Å². The number of nitrogens with two attached hydrogens (primary N) is 1. The summed E-state index contributed by atoms with van der Waals surface area (Å²) in [6, 6.07) is 4.83. The topological polar surface area (TPSA) is 44.5 Å². The van der Waals surface area contributed by atoms with Gasteiger partial charge in [0.25, 0.3) is 0 Å². The average molecular weight is 253 g/mol. The smallest absolute Gasteiger partial charge is 0.131 e. The molecule has 3 nitrogen and oxygen atoms in total. The van der Waals surface area contributed by atoms with E-state index >= 15 is 0 Å². The second kappa shape index (κ2) is 5.67. The molecular formula is C14H20FNO2. The van der Waals surface area contributed by atoms with E-state index in [1.807, 2.05) is 13.8 Å². The van der Waals surface area contributed by atoms with Crippen molar-refractivity contribution >= 4 is 0 Å². The van der Waals surface area contributed by atoms with Crippen LogP contribution in [0.4, 0.5) is 4.39 Å². The Bertz CT molecular complexity index is 401. The fourth-order valence-corrected chi connectivity index (χ4v) is 2.47. The normalized spacial score (nSPS) is 28.1. The Balaban J connectivity index is 2.11. The third-order valence-corrected chi connectivity index (χ3v) is 3.23. The summed E-state index contributed by atoms with van der Waals surface area (Å²) in [5.74, 6) is 0.256. The molecule has 0 aliphatic carbocycles. The van der Waals surface area contributed by atoms with Gasteiger partial charge in [-0.15, -0.1) is 0 Å². The quantitative estimate of drug-likeness (QED) is 0.900. The fourth-order valence-electron chi connectivity index (χ4n) is 2.47. The lowest BCUT2D eigenvalue weighted by atomic mass is 10.0. The van der Waals surface area contributed by atoms with E-state index in [0.29, 0.717) is 11.3 Å². The molecule has 100 valence electrons. The number of hydrogen-bond donors (Lipinski definition) is 1. The molecule has 2 unspecified atom stereocenters. The third-order valence-electron chi connectivity index (χ3n) is 3.23. The molecule has 2 atom stereocenters. The summed E-state index contributed by atoms with van der Waals surface area (Å²) in [6.07, 6.45) is 2.06. The Hall–Kier alpha value is -1.13. The summed E-state index contributed by atoms with van der Waals surface area (Å²) in [4.78, 5) is 0. The number of rotatable bonds is 3. The molecule has 4 heteroatoms. The first-order chi connectivity index (χ1) is 8.60. The lowest BCUT2D eigenvalue weighted by Gasteiger charge is -2.32. The van der Waals surface area contributed by atoms with Crippen molar-refractivity contribution in [1.29, 1.82) is 0 Å². The maximum Gasteiger partial charge on any atom is 0.131 e. The molecule has 1 aliphatic heterocycles. The molecule has 1 saturated heterocycles. The van der Waals surface area contributed by atoms with Crippen molar-refractivity contribution in [1.82, 2.24) is 0 Å². The van der Waals surface area contributed by atoms with E-state index in [-0.39, 0.29) is 30.7 Å². The standard InChI is InChI=1S/C14H20FNO2/c1-9-6-11(7-10(2)17-9)18-14-5-3-4-13(15)12(14)8-16/h3-5,9-11H,6-8,16H2,1-2H3. The SMILES string of the molecule is CC1CC(Oc2cccc(F)c2CN)CC(C)O1. The van der Waals surface area contributed by atoms with E-state index in [9.17, 15) is 4.39 Å². The highest BCUT2D eigenvalue weighted by molar-refractivity contribution is 5.34. The molecule has 0 amide bonds. The van der Waals surface area contributed by atoms with Crippen LogP contribution in [0.1, 0.15) is 32.3 Å². The lowest BCUT2D eigenvalue weighted by Crippen LogP contribution is -2.36. The van der Waals surface area contributed by atoms with Gasteiger partial charge in [0.1, 0.15) is 17.7 Å². The van der Waals surface area contributed by atoms with Crippen LogP contribution in [0.2, 0.25) is 0 Å². The van der Waals surface area contributed by atoms with Crippen molar-refractivity contribution in [3.05, 3.63) is 29.6 Å². The van der Waals surface area contributed by atoms with Gasteiger partial charge in [-0.2, -0.15) is 0 Å². The lowest BCUT2D eigenvalue weighted by molar-refractivity contribution is -0.0723. The van der Waals surface area contributed by atoms with Gasteiger partial charge >= 0.3 is 0 Å². The van der Waals surface area contributed by atoms with Crippen molar-refractivity contribution in [3.8, 4) is 5.75 Å². The molecule has 0 spiro atoms. The second-order valence-corrected chi connectivity index (χ2v) is 4.89. The van der Waals surface area contributed by atoms with E-state index < -0.39 is 0 Å². The number of benzene rings is 1. The van der Waals surface area contributed by atoms with Gasteiger partial charge in [0.2, 0.25) is 0 Å². The summed E-state index contributed by atoms with van der Waals surface area (Å²) < 4.78 is 25.1. The molecule has 0 aromatic heterocycles. The van der Waals surface area contributed by atoms with Crippen LogP contribution in [0.5, 0.6) is 5.75 Å². The van der Waals surface area contributed by atoms with Crippen molar-refractivity contribution in [2.45, 2.75) is 51.5 Å². The highest BCUT2D eigenvalue weighted by atomic mass is 19.1. The Kier molecular flexibility index (Phi) is 4.19. The van der Waals surface area contributed by atoms with Crippen molar-refractivity contribution < 1.29 is 13.9 Å². The number of hydrogen-bond acceptors (Lipinski definition) is 3. The first kappa shape index (κ1) is 13.3. The zero-order chi connectivity index (χ0) is 13.1. The summed E-state index contributed by atoms with van der Waals surface area (Å²) in [7, 11) is 0. The summed E-state index contributed by atoms with van der Waals surface area (Å²) >= 11 is 0.